The maximum atomic E-state index is 12.5. The second-order valence-electron chi connectivity index (χ2n) is 7.33. The van der Waals surface area contributed by atoms with Crippen molar-refractivity contribution in [2.45, 2.75) is 25.7 Å². The van der Waals surface area contributed by atoms with Gasteiger partial charge in [0.25, 0.3) is 0 Å². The van der Waals surface area contributed by atoms with E-state index in [4.69, 9.17) is 14.2 Å². The predicted octanol–water partition coefficient (Wildman–Crippen LogP) is 3.29. The fourth-order valence-corrected chi connectivity index (χ4v) is 3.64. The normalized spacial score (nSPS) is 18.4. The highest BCUT2D eigenvalue weighted by Gasteiger charge is 2.31. The van der Waals surface area contributed by atoms with Crippen LogP contribution in [0.2, 0.25) is 0 Å². The molecule has 2 saturated heterocycles. The van der Waals surface area contributed by atoms with E-state index >= 15 is 0 Å². The Bertz CT molecular complexity index is 809. The molecule has 0 bridgehead atoms. The first kappa shape index (κ1) is 19.6. The van der Waals surface area contributed by atoms with Crippen LogP contribution >= 0.6 is 0 Å². The number of piperidine rings is 1. The lowest BCUT2D eigenvalue weighted by Gasteiger charge is -2.33. The number of hydrogen-bond acceptors (Lipinski definition) is 5. The number of aromatic nitrogens is 1. The van der Waals surface area contributed by atoms with Crippen LogP contribution < -0.4 is 4.74 Å². The highest BCUT2D eigenvalue weighted by atomic mass is 16.7. The fraction of sp³-hybridized carbons (Fsp3) is 0.391. The van der Waals surface area contributed by atoms with Crippen LogP contribution in [0, 0.1) is 5.92 Å². The quantitative estimate of drug-likeness (QED) is 0.704. The monoisotopic (exact) mass is 394 g/mol. The number of benzene rings is 1. The molecule has 29 heavy (non-hydrogen) atoms. The van der Waals surface area contributed by atoms with Crippen molar-refractivity contribution in [1.82, 2.24) is 9.88 Å². The van der Waals surface area contributed by atoms with Crippen molar-refractivity contribution in [2.24, 2.45) is 5.92 Å². The predicted molar refractivity (Wildman–Crippen MR) is 109 cm³/mol. The summed E-state index contributed by atoms with van der Waals surface area (Å²) >= 11 is 0. The summed E-state index contributed by atoms with van der Waals surface area (Å²) in [7, 11) is 0. The third-order valence-electron chi connectivity index (χ3n) is 5.31. The molecule has 0 unspecified atom stereocenters. The summed E-state index contributed by atoms with van der Waals surface area (Å²) in [5.74, 6) is 1.23. The van der Waals surface area contributed by atoms with Crippen LogP contribution in [0.25, 0.3) is 6.08 Å². The van der Waals surface area contributed by atoms with Crippen molar-refractivity contribution in [1.29, 1.82) is 0 Å². The van der Waals surface area contributed by atoms with Gasteiger partial charge in [0.1, 0.15) is 12.4 Å². The Balaban J connectivity index is 1.24. The molecule has 6 nitrogen and oxygen atoms in total. The van der Waals surface area contributed by atoms with Crippen molar-refractivity contribution in [2.75, 3.05) is 26.3 Å². The van der Waals surface area contributed by atoms with E-state index in [1.165, 1.54) is 0 Å². The number of ether oxygens (including phenoxy) is 3. The summed E-state index contributed by atoms with van der Waals surface area (Å²) in [4.78, 5) is 18.4. The molecule has 2 aliphatic rings. The zero-order valence-electron chi connectivity index (χ0n) is 16.4. The molecule has 4 rings (SSSR count). The van der Waals surface area contributed by atoms with E-state index in [2.05, 4.69) is 4.98 Å². The molecule has 0 saturated carbocycles. The number of carbonyl (C=O) groups excluding carboxylic acids is 1. The summed E-state index contributed by atoms with van der Waals surface area (Å²) in [5, 5.41) is 0. The Labute approximate surface area is 171 Å². The molecule has 152 valence electrons. The third kappa shape index (κ3) is 5.43. The molecule has 1 aromatic carbocycles. The maximum absolute atomic E-state index is 12.5. The Hall–Kier alpha value is -2.70. The number of likely N-dealkylation sites (tertiary alicyclic amines) is 1. The molecular formula is C23H26N2O4. The average Bonchev–Trinajstić information content (AvgIpc) is 3.33. The van der Waals surface area contributed by atoms with E-state index in [0.717, 1.165) is 42.8 Å². The molecule has 2 aromatic rings. The van der Waals surface area contributed by atoms with Gasteiger partial charge in [-0.05, 0) is 42.7 Å². The van der Waals surface area contributed by atoms with Gasteiger partial charge < -0.3 is 19.1 Å². The highest BCUT2D eigenvalue weighted by molar-refractivity contribution is 5.91. The minimum atomic E-state index is -0.0818. The Morgan fingerprint density at radius 1 is 1.14 bits per heavy atom. The standard InChI is InChI=1S/C23H26N2O4/c26-22(25-12-9-20(10-13-25)23-27-14-15-28-23)8-5-18-3-6-21(7-4-18)29-17-19-2-1-11-24-16-19/h1-8,11,16,20,23H,9-10,12-15,17H2/b8-5+. The SMILES string of the molecule is O=C(/C=C/c1ccc(OCc2cccnc2)cc1)N1CCC(C2OCCO2)CC1. The first-order valence-corrected chi connectivity index (χ1v) is 10.1. The lowest BCUT2D eigenvalue weighted by molar-refractivity contribution is -0.131. The van der Waals surface area contributed by atoms with Crippen molar-refractivity contribution in [3.8, 4) is 5.75 Å². The number of pyridine rings is 1. The van der Waals surface area contributed by atoms with Crippen LogP contribution in [0.15, 0.2) is 54.9 Å². The Kier molecular flexibility index (Phi) is 6.54. The first-order valence-electron chi connectivity index (χ1n) is 10.1. The van der Waals surface area contributed by atoms with Crippen LogP contribution in [-0.4, -0.2) is 48.4 Å². The van der Waals surface area contributed by atoms with Gasteiger partial charge in [0.15, 0.2) is 6.29 Å². The van der Waals surface area contributed by atoms with Gasteiger partial charge in [-0.25, -0.2) is 0 Å². The molecule has 1 amide bonds. The maximum Gasteiger partial charge on any atom is 0.246 e. The molecule has 2 fully saturated rings. The summed E-state index contributed by atoms with van der Waals surface area (Å²) in [6.45, 7) is 3.34. The van der Waals surface area contributed by atoms with E-state index in [9.17, 15) is 4.79 Å². The summed E-state index contributed by atoms with van der Waals surface area (Å²) in [6.07, 6.45) is 8.80. The van der Waals surface area contributed by atoms with Gasteiger partial charge in [0.05, 0.1) is 13.2 Å². The van der Waals surface area contributed by atoms with E-state index in [1.807, 2.05) is 47.4 Å². The van der Waals surface area contributed by atoms with Crippen molar-refractivity contribution in [3.05, 3.63) is 66.0 Å². The smallest absolute Gasteiger partial charge is 0.246 e. The van der Waals surface area contributed by atoms with Gasteiger partial charge in [-0.1, -0.05) is 18.2 Å². The molecule has 0 atom stereocenters. The van der Waals surface area contributed by atoms with Crippen molar-refractivity contribution >= 4 is 12.0 Å². The van der Waals surface area contributed by atoms with Gasteiger partial charge in [-0.15, -0.1) is 0 Å². The van der Waals surface area contributed by atoms with Crippen LogP contribution in [0.4, 0.5) is 0 Å². The molecule has 1 aromatic heterocycles. The van der Waals surface area contributed by atoms with E-state index in [1.54, 1.807) is 18.5 Å². The lowest BCUT2D eigenvalue weighted by atomic mass is 9.96. The largest absolute Gasteiger partial charge is 0.489 e. The number of hydrogen-bond donors (Lipinski definition) is 0. The van der Waals surface area contributed by atoms with Crippen LogP contribution in [0.3, 0.4) is 0 Å². The molecule has 0 N–H and O–H groups in total. The third-order valence-corrected chi connectivity index (χ3v) is 5.31. The molecule has 6 heteroatoms. The number of rotatable bonds is 6. The molecule has 0 spiro atoms. The summed E-state index contributed by atoms with van der Waals surface area (Å²) in [5.41, 5.74) is 1.99. The molecular weight excluding hydrogens is 368 g/mol. The van der Waals surface area contributed by atoms with Gasteiger partial charge in [0, 0.05) is 43.0 Å². The minimum absolute atomic E-state index is 0.0496. The molecule has 0 aliphatic carbocycles. The fourth-order valence-electron chi connectivity index (χ4n) is 3.64. The highest BCUT2D eigenvalue weighted by Crippen LogP contribution is 2.26. The zero-order chi connectivity index (χ0) is 19.9. The average molecular weight is 394 g/mol. The molecule has 0 radical (unpaired) electrons. The van der Waals surface area contributed by atoms with Gasteiger partial charge in [-0.3, -0.25) is 9.78 Å². The van der Waals surface area contributed by atoms with Crippen LogP contribution in [0.5, 0.6) is 5.75 Å². The van der Waals surface area contributed by atoms with Gasteiger partial charge in [0.2, 0.25) is 5.91 Å². The van der Waals surface area contributed by atoms with E-state index < -0.39 is 0 Å². The number of carbonyl (C=O) groups is 1. The van der Waals surface area contributed by atoms with E-state index in [-0.39, 0.29) is 12.2 Å². The first-order chi connectivity index (χ1) is 14.3. The molecule has 2 aliphatic heterocycles. The summed E-state index contributed by atoms with van der Waals surface area (Å²) in [6, 6.07) is 11.6. The minimum Gasteiger partial charge on any atom is -0.489 e. The van der Waals surface area contributed by atoms with Gasteiger partial charge >= 0.3 is 0 Å². The zero-order valence-corrected chi connectivity index (χ0v) is 16.4. The Morgan fingerprint density at radius 2 is 1.90 bits per heavy atom. The molecule has 3 heterocycles. The lowest BCUT2D eigenvalue weighted by Crippen LogP contribution is -2.40. The summed E-state index contributed by atoms with van der Waals surface area (Å²) < 4.78 is 16.9. The van der Waals surface area contributed by atoms with Crippen molar-refractivity contribution < 1.29 is 19.0 Å². The topological polar surface area (TPSA) is 60.9 Å². The van der Waals surface area contributed by atoms with E-state index in [0.29, 0.717) is 25.7 Å². The van der Waals surface area contributed by atoms with Gasteiger partial charge in [-0.2, -0.15) is 0 Å². The number of nitrogens with zero attached hydrogens (tertiary/aromatic N) is 2. The Morgan fingerprint density at radius 3 is 2.59 bits per heavy atom. The second-order valence-corrected chi connectivity index (χ2v) is 7.33. The van der Waals surface area contributed by atoms with Crippen LogP contribution in [0.1, 0.15) is 24.0 Å². The van der Waals surface area contributed by atoms with Crippen molar-refractivity contribution in [3.63, 3.8) is 0 Å². The number of amides is 1. The van der Waals surface area contributed by atoms with Crippen LogP contribution in [-0.2, 0) is 20.9 Å². The second kappa shape index (κ2) is 9.67.